The summed E-state index contributed by atoms with van der Waals surface area (Å²) in [5, 5.41) is 5.42. The Morgan fingerprint density at radius 2 is 1.58 bits per heavy atom. The van der Waals surface area contributed by atoms with Crippen molar-refractivity contribution < 1.29 is 4.39 Å². The number of hydrogen-bond acceptors (Lipinski definition) is 4. The Labute approximate surface area is 200 Å². The highest BCUT2D eigenvalue weighted by atomic mass is 35.5. The molecule has 33 heavy (non-hydrogen) atoms. The maximum Gasteiger partial charge on any atom is 0.148 e. The highest BCUT2D eigenvalue weighted by molar-refractivity contribution is 7.99. The summed E-state index contributed by atoms with van der Waals surface area (Å²) in [6.45, 7) is 1.91. The van der Waals surface area contributed by atoms with Gasteiger partial charge in [0.2, 0.25) is 0 Å². The van der Waals surface area contributed by atoms with Crippen LogP contribution in [0.4, 0.5) is 4.39 Å². The SMILES string of the molecule is Cc1cnc(-c2ccc(-c3nn(-c4ccccc4F)cc3Sc3ccc(Cl)cc3)cc2)cn1. The van der Waals surface area contributed by atoms with Gasteiger partial charge in [0, 0.05) is 33.4 Å². The number of benzene rings is 3. The highest BCUT2D eigenvalue weighted by Gasteiger charge is 2.16. The summed E-state index contributed by atoms with van der Waals surface area (Å²) in [4.78, 5) is 10.7. The molecule has 162 valence electrons. The zero-order chi connectivity index (χ0) is 22.8. The van der Waals surface area contributed by atoms with E-state index < -0.39 is 0 Å². The lowest BCUT2D eigenvalue weighted by Gasteiger charge is -2.05. The molecule has 0 unspecified atom stereocenters. The minimum absolute atomic E-state index is 0.331. The van der Waals surface area contributed by atoms with Crippen LogP contribution in [0.2, 0.25) is 5.02 Å². The Bertz CT molecular complexity index is 1400. The van der Waals surface area contributed by atoms with Crippen LogP contribution in [-0.4, -0.2) is 19.7 Å². The summed E-state index contributed by atoms with van der Waals surface area (Å²) in [7, 11) is 0. The lowest BCUT2D eigenvalue weighted by molar-refractivity contribution is 0.611. The van der Waals surface area contributed by atoms with E-state index in [4.69, 9.17) is 16.7 Å². The molecule has 0 spiro atoms. The van der Waals surface area contributed by atoms with Crippen molar-refractivity contribution in [2.75, 3.05) is 0 Å². The predicted octanol–water partition coefficient (Wildman–Crippen LogP) is 7.25. The van der Waals surface area contributed by atoms with Crippen molar-refractivity contribution in [3.8, 4) is 28.2 Å². The molecule has 7 heteroatoms. The van der Waals surface area contributed by atoms with Crippen LogP contribution < -0.4 is 0 Å². The van der Waals surface area contributed by atoms with Crippen LogP contribution in [0.3, 0.4) is 0 Å². The number of halogens is 2. The van der Waals surface area contributed by atoms with Gasteiger partial charge >= 0.3 is 0 Å². The van der Waals surface area contributed by atoms with Crippen molar-refractivity contribution in [2.45, 2.75) is 16.7 Å². The molecule has 3 aromatic carbocycles. The zero-order valence-corrected chi connectivity index (χ0v) is 19.2. The van der Waals surface area contributed by atoms with Gasteiger partial charge in [-0.3, -0.25) is 9.97 Å². The molecule has 0 aliphatic heterocycles. The summed E-state index contributed by atoms with van der Waals surface area (Å²) in [5.41, 5.74) is 4.72. The lowest BCUT2D eigenvalue weighted by Crippen LogP contribution is -1.98. The van der Waals surface area contributed by atoms with Gasteiger partial charge < -0.3 is 0 Å². The van der Waals surface area contributed by atoms with Gasteiger partial charge in [0.25, 0.3) is 0 Å². The fourth-order valence-electron chi connectivity index (χ4n) is 3.36. The van der Waals surface area contributed by atoms with Gasteiger partial charge in [-0.25, -0.2) is 9.07 Å². The lowest BCUT2D eigenvalue weighted by atomic mass is 10.1. The second-order valence-electron chi connectivity index (χ2n) is 7.41. The molecular weight excluding hydrogens is 455 g/mol. The Morgan fingerprint density at radius 1 is 0.848 bits per heavy atom. The monoisotopic (exact) mass is 472 g/mol. The summed E-state index contributed by atoms with van der Waals surface area (Å²) < 4.78 is 16.0. The first-order valence-corrected chi connectivity index (χ1v) is 11.4. The van der Waals surface area contributed by atoms with Crippen molar-refractivity contribution in [1.29, 1.82) is 0 Å². The topological polar surface area (TPSA) is 43.6 Å². The van der Waals surface area contributed by atoms with E-state index in [1.54, 1.807) is 47.0 Å². The van der Waals surface area contributed by atoms with Gasteiger partial charge in [0.15, 0.2) is 0 Å². The second kappa shape index (κ2) is 9.17. The van der Waals surface area contributed by atoms with Gasteiger partial charge in [0.1, 0.15) is 17.2 Å². The maximum absolute atomic E-state index is 14.5. The third-order valence-corrected chi connectivity index (χ3v) is 6.33. The average Bonchev–Trinajstić information content (AvgIpc) is 3.25. The van der Waals surface area contributed by atoms with Gasteiger partial charge in [0.05, 0.1) is 22.5 Å². The van der Waals surface area contributed by atoms with Crippen molar-refractivity contribution in [3.05, 3.63) is 108 Å². The van der Waals surface area contributed by atoms with E-state index in [0.29, 0.717) is 10.7 Å². The van der Waals surface area contributed by atoms with E-state index in [1.807, 2.05) is 61.7 Å². The molecule has 0 saturated carbocycles. The normalized spacial score (nSPS) is 11.0. The molecule has 0 N–H and O–H groups in total. The van der Waals surface area contributed by atoms with Crippen molar-refractivity contribution in [1.82, 2.24) is 19.7 Å². The van der Waals surface area contributed by atoms with E-state index in [-0.39, 0.29) is 5.82 Å². The maximum atomic E-state index is 14.5. The number of nitrogens with zero attached hydrogens (tertiary/aromatic N) is 4. The fourth-order valence-corrected chi connectivity index (χ4v) is 4.42. The molecule has 0 atom stereocenters. The summed E-state index contributed by atoms with van der Waals surface area (Å²) in [6.07, 6.45) is 5.37. The molecule has 2 aromatic heterocycles. The Morgan fingerprint density at radius 3 is 2.27 bits per heavy atom. The number of para-hydroxylation sites is 1. The molecule has 0 aliphatic rings. The van der Waals surface area contributed by atoms with Crippen molar-refractivity contribution in [3.63, 3.8) is 0 Å². The highest BCUT2D eigenvalue weighted by Crippen LogP contribution is 2.37. The first-order valence-electron chi connectivity index (χ1n) is 10.2. The van der Waals surface area contributed by atoms with Crippen LogP contribution in [-0.2, 0) is 0 Å². The molecular formula is C26H18ClFN4S. The Kier molecular flexibility index (Phi) is 5.94. The minimum Gasteiger partial charge on any atom is -0.258 e. The van der Waals surface area contributed by atoms with E-state index >= 15 is 0 Å². The number of aromatic nitrogens is 4. The predicted molar refractivity (Wildman–Crippen MR) is 130 cm³/mol. The molecule has 5 rings (SSSR count). The van der Waals surface area contributed by atoms with E-state index in [1.165, 1.54) is 6.07 Å². The van der Waals surface area contributed by atoms with Gasteiger partial charge in [-0.2, -0.15) is 5.10 Å². The van der Waals surface area contributed by atoms with Gasteiger partial charge in [-0.1, -0.05) is 59.8 Å². The average molecular weight is 473 g/mol. The van der Waals surface area contributed by atoms with Crippen molar-refractivity contribution in [2.24, 2.45) is 0 Å². The van der Waals surface area contributed by atoms with E-state index in [0.717, 1.165) is 38.0 Å². The van der Waals surface area contributed by atoms with E-state index in [2.05, 4.69) is 9.97 Å². The molecule has 0 amide bonds. The van der Waals surface area contributed by atoms with Crippen LogP contribution in [0.1, 0.15) is 5.69 Å². The van der Waals surface area contributed by atoms with Crippen molar-refractivity contribution >= 4 is 23.4 Å². The number of hydrogen-bond donors (Lipinski definition) is 0. The molecule has 0 fully saturated rings. The first kappa shape index (κ1) is 21.4. The van der Waals surface area contributed by atoms with Gasteiger partial charge in [-0.15, -0.1) is 0 Å². The minimum atomic E-state index is -0.331. The first-order chi connectivity index (χ1) is 16.1. The molecule has 0 radical (unpaired) electrons. The number of rotatable bonds is 5. The van der Waals surface area contributed by atoms with E-state index in [9.17, 15) is 4.39 Å². The summed E-state index contributed by atoms with van der Waals surface area (Å²) >= 11 is 7.59. The molecule has 0 aliphatic carbocycles. The van der Waals surface area contributed by atoms with Crippen LogP contribution in [0, 0.1) is 12.7 Å². The summed E-state index contributed by atoms with van der Waals surface area (Å²) in [5.74, 6) is -0.331. The zero-order valence-electron chi connectivity index (χ0n) is 17.6. The largest absolute Gasteiger partial charge is 0.258 e. The molecule has 2 heterocycles. The van der Waals surface area contributed by atoms with Crippen LogP contribution in [0.15, 0.2) is 101 Å². The molecule has 5 aromatic rings. The third kappa shape index (κ3) is 4.67. The summed E-state index contributed by atoms with van der Waals surface area (Å²) in [6, 6.07) is 22.2. The smallest absolute Gasteiger partial charge is 0.148 e. The van der Waals surface area contributed by atoms with Crippen LogP contribution in [0.25, 0.3) is 28.2 Å². The number of aryl methyl sites for hydroxylation is 1. The standard InChI is InChI=1S/C26H18ClFN4S/c1-17-14-30-23(15-29-17)18-6-8-19(9-7-18)26-25(33-21-12-10-20(27)11-13-21)16-32(31-26)24-5-3-2-4-22(24)28/h2-16H,1H3. The third-order valence-electron chi connectivity index (χ3n) is 5.06. The Balaban J connectivity index is 1.55. The van der Waals surface area contributed by atoms with Gasteiger partial charge in [-0.05, 0) is 43.3 Å². The molecule has 0 bridgehead atoms. The molecule has 0 saturated heterocycles. The Hall–Kier alpha value is -3.48. The van der Waals surface area contributed by atoms with Crippen LogP contribution >= 0.6 is 23.4 Å². The molecule has 4 nitrogen and oxygen atoms in total. The second-order valence-corrected chi connectivity index (χ2v) is 8.97. The van der Waals surface area contributed by atoms with Crippen LogP contribution in [0.5, 0.6) is 0 Å². The fraction of sp³-hybridized carbons (Fsp3) is 0.0385. The quantitative estimate of drug-likeness (QED) is 0.270.